The largest absolute Gasteiger partial charge is 0.465 e. The molecule has 0 saturated carbocycles. The molecule has 0 N–H and O–H groups in total. The Hall–Kier alpha value is -1.23. The molecule has 3 nitrogen and oxygen atoms in total. The number of rotatable bonds is 7. The molecular weight excluding hydrogens is 267 g/mol. The summed E-state index contributed by atoms with van der Waals surface area (Å²) in [5.41, 5.74) is 0.544. The second-order valence-electron chi connectivity index (χ2n) is 4.30. The van der Waals surface area contributed by atoms with Crippen molar-refractivity contribution < 1.29 is 18.1 Å². The molecule has 1 aromatic carbocycles. The molecule has 19 heavy (non-hydrogen) atoms. The minimum Gasteiger partial charge on any atom is -0.465 e. The van der Waals surface area contributed by atoms with Gasteiger partial charge in [-0.05, 0) is 24.1 Å². The topological polar surface area (TPSA) is 43.4 Å². The number of methoxy groups -OCH3 is 1. The van der Waals surface area contributed by atoms with E-state index >= 15 is 0 Å². The minimum atomic E-state index is -0.983. The standard InChI is InChI=1S/C14H19FO3S/c1-3-4-5-8-19(17)10-11-6-7-12(13(15)9-11)14(16)18-2/h6-7,9H,3-5,8,10H2,1-2H3. The van der Waals surface area contributed by atoms with Gasteiger partial charge in [0.2, 0.25) is 0 Å². The zero-order chi connectivity index (χ0) is 14.3. The Morgan fingerprint density at radius 3 is 2.68 bits per heavy atom. The zero-order valence-electron chi connectivity index (χ0n) is 11.3. The maximum atomic E-state index is 13.6. The summed E-state index contributed by atoms with van der Waals surface area (Å²) in [6.07, 6.45) is 3.06. The highest BCUT2D eigenvalue weighted by Gasteiger charge is 2.13. The molecule has 0 saturated heterocycles. The fraction of sp³-hybridized carbons (Fsp3) is 0.500. The van der Waals surface area contributed by atoms with Crippen molar-refractivity contribution >= 4 is 16.8 Å². The third kappa shape index (κ3) is 5.11. The van der Waals surface area contributed by atoms with E-state index in [1.165, 1.54) is 19.2 Å². The molecule has 0 aliphatic heterocycles. The molecule has 106 valence electrons. The average Bonchev–Trinajstić information content (AvgIpc) is 2.38. The zero-order valence-corrected chi connectivity index (χ0v) is 12.1. The molecular formula is C14H19FO3S. The van der Waals surface area contributed by atoms with Gasteiger partial charge in [-0.1, -0.05) is 25.8 Å². The Balaban J connectivity index is 2.63. The molecule has 0 aromatic heterocycles. The van der Waals surface area contributed by atoms with Crippen LogP contribution >= 0.6 is 0 Å². The maximum Gasteiger partial charge on any atom is 0.340 e. The monoisotopic (exact) mass is 286 g/mol. The molecule has 1 atom stereocenters. The summed E-state index contributed by atoms with van der Waals surface area (Å²) in [6.45, 7) is 2.09. The first-order valence-corrected chi connectivity index (χ1v) is 7.79. The van der Waals surface area contributed by atoms with E-state index < -0.39 is 22.6 Å². The van der Waals surface area contributed by atoms with Gasteiger partial charge in [-0.3, -0.25) is 4.21 Å². The van der Waals surface area contributed by atoms with Crippen LogP contribution in [0.3, 0.4) is 0 Å². The molecule has 0 aliphatic rings. The summed E-state index contributed by atoms with van der Waals surface area (Å²) in [5.74, 6) is -0.376. The Labute approximate surface area is 115 Å². The van der Waals surface area contributed by atoms with E-state index in [-0.39, 0.29) is 5.56 Å². The van der Waals surface area contributed by atoms with E-state index in [2.05, 4.69) is 11.7 Å². The summed E-state index contributed by atoms with van der Waals surface area (Å²) in [5, 5.41) is 0. The lowest BCUT2D eigenvalue weighted by molar-refractivity contribution is 0.0595. The third-order valence-electron chi connectivity index (χ3n) is 2.74. The summed E-state index contributed by atoms with van der Waals surface area (Å²) in [7, 11) is 0.224. The van der Waals surface area contributed by atoms with E-state index in [1.807, 2.05) is 0 Å². The van der Waals surface area contributed by atoms with Gasteiger partial charge in [0.15, 0.2) is 0 Å². The number of hydrogen-bond acceptors (Lipinski definition) is 3. The van der Waals surface area contributed by atoms with Crippen molar-refractivity contribution in [2.75, 3.05) is 12.9 Å². The maximum absolute atomic E-state index is 13.6. The SMILES string of the molecule is CCCCCS(=O)Cc1ccc(C(=O)OC)c(F)c1. The molecule has 0 heterocycles. The van der Waals surface area contributed by atoms with Crippen molar-refractivity contribution in [3.8, 4) is 0 Å². The van der Waals surface area contributed by atoms with Crippen LogP contribution in [0.2, 0.25) is 0 Å². The highest BCUT2D eigenvalue weighted by atomic mass is 32.2. The Bertz CT molecular complexity index is 460. The van der Waals surface area contributed by atoms with Crippen molar-refractivity contribution in [2.24, 2.45) is 0 Å². The normalized spacial score (nSPS) is 12.2. The van der Waals surface area contributed by atoms with Crippen molar-refractivity contribution in [1.82, 2.24) is 0 Å². The van der Waals surface area contributed by atoms with E-state index in [1.54, 1.807) is 6.07 Å². The molecule has 1 aromatic rings. The van der Waals surface area contributed by atoms with E-state index in [0.717, 1.165) is 19.3 Å². The summed E-state index contributed by atoms with van der Waals surface area (Å²) >= 11 is 0. The van der Waals surface area contributed by atoms with Crippen molar-refractivity contribution in [2.45, 2.75) is 31.9 Å². The molecule has 0 bridgehead atoms. The number of hydrogen-bond donors (Lipinski definition) is 0. The molecule has 5 heteroatoms. The van der Waals surface area contributed by atoms with E-state index in [4.69, 9.17) is 0 Å². The quantitative estimate of drug-likeness (QED) is 0.571. The smallest absolute Gasteiger partial charge is 0.340 e. The Kier molecular flexibility index (Phi) is 6.70. The first kappa shape index (κ1) is 15.8. The summed E-state index contributed by atoms with van der Waals surface area (Å²) in [6, 6.07) is 4.25. The lowest BCUT2D eigenvalue weighted by atomic mass is 10.1. The van der Waals surface area contributed by atoms with Crippen LogP contribution in [0.5, 0.6) is 0 Å². The number of halogens is 1. The molecule has 0 amide bonds. The van der Waals surface area contributed by atoms with Gasteiger partial charge >= 0.3 is 5.97 Å². The average molecular weight is 286 g/mol. The molecule has 1 rings (SSSR count). The van der Waals surface area contributed by atoms with E-state index in [9.17, 15) is 13.4 Å². The second-order valence-corrected chi connectivity index (χ2v) is 5.88. The predicted molar refractivity (Wildman–Crippen MR) is 74.0 cm³/mol. The van der Waals surface area contributed by atoms with Gasteiger partial charge in [0.05, 0.1) is 12.7 Å². The second kappa shape index (κ2) is 8.04. The first-order chi connectivity index (χ1) is 9.08. The predicted octanol–water partition coefficient (Wildman–Crippen LogP) is 3.05. The van der Waals surface area contributed by atoms with Crippen LogP contribution in [-0.4, -0.2) is 23.0 Å². The number of esters is 1. The van der Waals surface area contributed by atoms with Gasteiger partial charge in [0, 0.05) is 22.3 Å². The molecule has 0 radical (unpaired) electrons. The molecule has 0 spiro atoms. The first-order valence-electron chi connectivity index (χ1n) is 6.30. The van der Waals surface area contributed by atoms with Gasteiger partial charge in [-0.15, -0.1) is 0 Å². The van der Waals surface area contributed by atoms with Gasteiger partial charge in [-0.25, -0.2) is 9.18 Å². The van der Waals surface area contributed by atoms with Crippen LogP contribution in [0, 0.1) is 5.82 Å². The molecule has 0 aliphatic carbocycles. The Morgan fingerprint density at radius 1 is 1.37 bits per heavy atom. The molecule has 1 unspecified atom stereocenters. The van der Waals surface area contributed by atoms with E-state index in [0.29, 0.717) is 17.1 Å². The van der Waals surface area contributed by atoms with Crippen LogP contribution in [0.25, 0.3) is 0 Å². The lowest BCUT2D eigenvalue weighted by Crippen LogP contribution is -2.06. The summed E-state index contributed by atoms with van der Waals surface area (Å²) in [4.78, 5) is 11.2. The van der Waals surface area contributed by atoms with Crippen molar-refractivity contribution in [1.29, 1.82) is 0 Å². The number of ether oxygens (including phenoxy) is 1. The number of benzene rings is 1. The van der Waals surface area contributed by atoms with Crippen molar-refractivity contribution in [3.05, 3.63) is 35.1 Å². The van der Waals surface area contributed by atoms with Gasteiger partial charge in [0.25, 0.3) is 0 Å². The highest BCUT2D eigenvalue weighted by Crippen LogP contribution is 2.13. The Morgan fingerprint density at radius 2 is 2.11 bits per heavy atom. The van der Waals surface area contributed by atoms with Crippen LogP contribution < -0.4 is 0 Å². The van der Waals surface area contributed by atoms with Gasteiger partial charge in [0.1, 0.15) is 5.82 Å². The number of unbranched alkanes of at least 4 members (excludes halogenated alkanes) is 2. The van der Waals surface area contributed by atoms with Crippen molar-refractivity contribution in [3.63, 3.8) is 0 Å². The number of carbonyl (C=O) groups is 1. The molecule has 0 fully saturated rings. The fourth-order valence-corrected chi connectivity index (χ4v) is 2.92. The van der Waals surface area contributed by atoms with Gasteiger partial charge < -0.3 is 4.74 Å². The fourth-order valence-electron chi connectivity index (χ4n) is 1.70. The highest BCUT2D eigenvalue weighted by molar-refractivity contribution is 7.84. The summed E-state index contributed by atoms with van der Waals surface area (Å²) < 4.78 is 29.9. The van der Waals surface area contributed by atoms with Gasteiger partial charge in [-0.2, -0.15) is 0 Å². The minimum absolute atomic E-state index is 0.0944. The third-order valence-corrected chi connectivity index (χ3v) is 4.14. The van der Waals surface area contributed by atoms with Crippen LogP contribution in [0.4, 0.5) is 4.39 Å². The van der Waals surface area contributed by atoms with Crippen LogP contribution in [0.1, 0.15) is 42.1 Å². The van der Waals surface area contributed by atoms with Crippen LogP contribution in [0.15, 0.2) is 18.2 Å². The lowest BCUT2D eigenvalue weighted by Gasteiger charge is -2.05. The number of carbonyl (C=O) groups excluding carboxylic acids is 1. The van der Waals surface area contributed by atoms with Crippen LogP contribution in [-0.2, 0) is 21.3 Å².